The van der Waals surface area contributed by atoms with Crippen molar-refractivity contribution in [3.05, 3.63) is 112 Å². The summed E-state index contributed by atoms with van der Waals surface area (Å²) in [5.41, 5.74) is 10.0. The highest BCUT2D eigenvalue weighted by molar-refractivity contribution is 6.04. The van der Waals surface area contributed by atoms with E-state index in [2.05, 4.69) is 20.4 Å². The molecule has 10 heteroatoms. The Morgan fingerprint density at radius 1 is 1.05 bits per heavy atom. The minimum atomic E-state index is -0.580. The van der Waals surface area contributed by atoms with E-state index >= 15 is 0 Å². The highest BCUT2D eigenvalue weighted by Crippen LogP contribution is 2.30. The zero-order chi connectivity index (χ0) is 28.7. The molecule has 0 aliphatic heterocycles. The van der Waals surface area contributed by atoms with Crippen LogP contribution in [-0.4, -0.2) is 37.2 Å². The fourth-order valence-electron chi connectivity index (χ4n) is 5.07. The van der Waals surface area contributed by atoms with Gasteiger partial charge in [-0.15, -0.1) is 5.10 Å². The van der Waals surface area contributed by atoms with Crippen LogP contribution in [0, 0.1) is 6.92 Å². The maximum atomic E-state index is 14.3. The number of nitrogens with one attached hydrogen (secondary N) is 1. The average Bonchev–Trinajstić information content (AvgIpc) is 3.31. The number of amides is 1. The van der Waals surface area contributed by atoms with Crippen molar-refractivity contribution in [2.45, 2.75) is 19.9 Å². The Kier molecular flexibility index (Phi) is 6.43. The summed E-state index contributed by atoms with van der Waals surface area (Å²) in [4.78, 5) is 36.5. The van der Waals surface area contributed by atoms with Gasteiger partial charge in [0.05, 0.1) is 18.5 Å². The van der Waals surface area contributed by atoms with Crippen LogP contribution in [0.1, 0.15) is 34.7 Å². The Hall–Kier alpha value is -5.51. The number of carbonyl (C=O) groups excluding carboxylic acids is 1. The maximum Gasteiger partial charge on any atom is 0.263 e. The van der Waals surface area contributed by atoms with Gasteiger partial charge in [-0.1, -0.05) is 36.4 Å². The van der Waals surface area contributed by atoms with Gasteiger partial charge in [0.25, 0.3) is 11.5 Å². The van der Waals surface area contributed by atoms with Crippen molar-refractivity contribution in [1.82, 2.24) is 29.5 Å². The van der Waals surface area contributed by atoms with Crippen LogP contribution in [-0.2, 0) is 0 Å². The lowest BCUT2D eigenvalue weighted by Crippen LogP contribution is -2.32. The number of ether oxygens (including phenoxy) is 1. The van der Waals surface area contributed by atoms with Crippen LogP contribution >= 0.6 is 0 Å². The number of fused-ring (bicyclic) bond motifs is 2. The molecule has 2 aromatic carbocycles. The van der Waals surface area contributed by atoms with Crippen LogP contribution < -0.4 is 21.3 Å². The minimum absolute atomic E-state index is 0.0733. The van der Waals surface area contributed by atoms with Crippen LogP contribution in [0.15, 0.2) is 90.0 Å². The molecule has 1 atom stereocenters. The third kappa shape index (κ3) is 4.55. The van der Waals surface area contributed by atoms with E-state index < -0.39 is 11.9 Å². The van der Waals surface area contributed by atoms with Crippen LogP contribution in [0.3, 0.4) is 0 Å². The third-order valence-corrected chi connectivity index (χ3v) is 7.01. The van der Waals surface area contributed by atoms with E-state index in [-0.39, 0.29) is 16.9 Å². The summed E-state index contributed by atoms with van der Waals surface area (Å²) < 4.78 is 8.43. The Labute approximate surface area is 235 Å². The molecule has 0 saturated carbocycles. The average molecular weight is 546 g/mol. The Morgan fingerprint density at radius 3 is 2.63 bits per heavy atom. The number of nitrogens with two attached hydrogens (primary N) is 1. The lowest BCUT2D eigenvalue weighted by Gasteiger charge is -2.21. The molecule has 41 heavy (non-hydrogen) atoms. The van der Waals surface area contributed by atoms with Gasteiger partial charge >= 0.3 is 0 Å². The normalized spacial score (nSPS) is 12.0. The van der Waals surface area contributed by atoms with Crippen molar-refractivity contribution in [3.8, 4) is 22.7 Å². The first-order chi connectivity index (χ1) is 19.9. The number of methoxy groups -OCH3 is 1. The van der Waals surface area contributed by atoms with E-state index in [1.54, 1.807) is 36.2 Å². The lowest BCUT2D eigenvalue weighted by molar-refractivity contribution is 0.0941. The summed E-state index contributed by atoms with van der Waals surface area (Å²) in [5.74, 6) is 0.0876. The Morgan fingerprint density at radius 2 is 1.85 bits per heavy atom. The molecule has 6 aromatic rings. The van der Waals surface area contributed by atoms with E-state index in [4.69, 9.17) is 10.5 Å². The molecule has 0 radical (unpaired) electrons. The van der Waals surface area contributed by atoms with E-state index in [9.17, 15) is 9.59 Å². The summed E-state index contributed by atoms with van der Waals surface area (Å²) in [6, 6.07) is 21.8. The second-order valence-corrected chi connectivity index (χ2v) is 9.69. The second kappa shape index (κ2) is 10.2. The second-order valence-electron chi connectivity index (χ2n) is 9.69. The van der Waals surface area contributed by atoms with Gasteiger partial charge in [0.15, 0.2) is 11.5 Å². The molecule has 0 bridgehead atoms. The molecule has 0 saturated heterocycles. The quantitative estimate of drug-likeness (QED) is 0.316. The number of aromatic nitrogens is 5. The van der Waals surface area contributed by atoms with Gasteiger partial charge in [-0.2, -0.15) is 0 Å². The molecular weight excluding hydrogens is 518 g/mol. The molecule has 4 heterocycles. The third-order valence-electron chi connectivity index (χ3n) is 7.01. The van der Waals surface area contributed by atoms with Crippen molar-refractivity contribution in [3.63, 3.8) is 0 Å². The van der Waals surface area contributed by atoms with Gasteiger partial charge in [0, 0.05) is 35.5 Å². The van der Waals surface area contributed by atoms with Gasteiger partial charge in [-0.25, -0.2) is 14.5 Å². The number of rotatable bonds is 6. The molecule has 0 unspecified atom stereocenters. The summed E-state index contributed by atoms with van der Waals surface area (Å²) in [5, 5.41) is 8.52. The highest BCUT2D eigenvalue weighted by atomic mass is 16.5. The number of hydrogen-bond acceptors (Lipinski definition) is 7. The predicted molar refractivity (Wildman–Crippen MR) is 157 cm³/mol. The zero-order valence-electron chi connectivity index (χ0n) is 22.7. The molecule has 1 amide bonds. The zero-order valence-corrected chi connectivity index (χ0v) is 22.7. The van der Waals surface area contributed by atoms with E-state index in [0.717, 1.165) is 22.2 Å². The molecule has 6 rings (SSSR count). The summed E-state index contributed by atoms with van der Waals surface area (Å²) in [6.45, 7) is 3.66. The first-order valence-corrected chi connectivity index (χ1v) is 13.0. The highest BCUT2D eigenvalue weighted by Gasteiger charge is 2.24. The SMILES string of the molecule is COc1cc(-c2cccc3cc([C@H](C)NC(=O)c4c(N)nn5ccc(C)nc45)n(-c4ccccc4)c(=O)c23)ccn1. The molecule has 0 spiro atoms. The first kappa shape index (κ1) is 25.8. The first-order valence-electron chi connectivity index (χ1n) is 13.0. The number of pyridine rings is 2. The van der Waals surface area contributed by atoms with Crippen LogP contribution in [0.2, 0.25) is 0 Å². The van der Waals surface area contributed by atoms with Crippen molar-refractivity contribution >= 4 is 28.1 Å². The maximum absolute atomic E-state index is 14.3. The molecule has 10 nitrogen and oxygen atoms in total. The van der Waals surface area contributed by atoms with Crippen LogP contribution in [0.5, 0.6) is 5.88 Å². The van der Waals surface area contributed by atoms with Crippen molar-refractivity contribution in [1.29, 1.82) is 0 Å². The van der Waals surface area contributed by atoms with Gasteiger partial charge in [0.1, 0.15) is 5.56 Å². The topological polar surface area (TPSA) is 129 Å². The summed E-state index contributed by atoms with van der Waals surface area (Å²) in [6.07, 6.45) is 3.36. The van der Waals surface area contributed by atoms with Crippen molar-refractivity contribution < 1.29 is 9.53 Å². The number of anilines is 1. The van der Waals surface area contributed by atoms with Crippen molar-refractivity contribution in [2.24, 2.45) is 0 Å². The molecule has 0 fully saturated rings. The molecule has 3 N–H and O–H groups in total. The minimum Gasteiger partial charge on any atom is -0.481 e. The monoisotopic (exact) mass is 545 g/mol. The smallest absolute Gasteiger partial charge is 0.263 e. The number of para-hydroxylation sites is 1. The van der Waals surface area contributed by atoms with Gasteiger partial charge in [-0.3, -0.25) is 14.2 Å². The van der Waals surface area contributed by atoms with Gasteiger partial charge in [-0.05, 0) is 60.7 Å². The standard InChI is InChI=1S/C31H27N7O3/c1-18-13-15-37-29(34-18)27(28(32)36-37)30(39)35-19(2)24-16-21-8-7-11-23(20-12-14-33-25(17-20)41-3)26(21)31(40)38(24)22-9-5-4-6-10-22/h4-17,19H,1-3H3,(H2,32,36)(H,35,39)/t19-/m0/s1. The van der Waals surface area contributed by atoms with E-state index in [1.165, 1.54) is 4.52 Å². The number of nitrogen functional groups attached to an aromatic ring is 1. The van der Waals surface area contributed by atoms with E-state index in [1.807, 2.05) is 74.5 Å². The lowest BCUT2D eigenvalue weighted by atomic mass is 9.98. The number of benzene rings is 2. The summed E-state index contributed by atoms with van der Waals surface area (Å²) in [7, 11) is 1.55. The molecule has 0 aliphatic carbocycles. The largest absolute Gasteiger partial charge is 0.481 e. The molecular formula is C31H27N7O3. The fraction of sp³-hybridized carbons (Fsp3) is 0.129. The van der Waals surface area contributed by atoms with Gasteiger partial charge in [0.2, 0.25) is 5.88 Å². The Balaban J connectivity index is 1.51. The Bertz CT molecular complexity index is 2000. The van der Waals surface area contributed by atoms with Crippen LogP contribution in [0.25, 0.3) is 33.2 Å². The summed E-state index contributed by atoms with van der Waals surface area (Å²) >= 11 is 0. The van der Waals surface area contributed by atoms with Crippen molar-refractivity contribution in [2.75, 3.05) is 12.8 Å². The number of aryl methyl sites for hydroxylation is 1. The number of carbonyl (C=O) groups is 1. The number of hydrogen-bond donors (Lipinski definition) is 2. The predicted octanol–water partition coefficient (Wildman–Crippen LogP) is 4.49. The van der Waals surface area contributed by atoms with E-state index in [0.29, 0.717) is 28.3 Å². The molecule has 4 aromatic heterocycles. The molecule has 0 aliphatic rings. The van der Waals surface area contributed by atoms with Gasteiger partial charge < -0.3 is 15.8 Å². The van der Waals surface area contributed by atoms with Crippen LogP contribution in [0.4, 0.5) is 5.82 Å². The molecule has 204 valence electrons. The fourth-order valence-corrected chi connectivity index (χ4v) is 5.07. The number of nitrogens with zero attached hydrogens (tertiary/aromatic N) is 5.